The topological polar surface area (TPSA) is 43.8 Å². The average Bonchev–Trinajstić information content (AvgIpc) is 2.69. The van der Waals surface area contributed by atoms with E-state index in [4.69, 9.17) is 10.7 Å². The van der Waals surface area contributed by atoms with E-state index >= 15 is 0 Å². The highest BCUT2D eigenvalue weighted by molar-refractivity contribution is 5.74. The average molecular weight is 285 g/mol. The fourth-order valence-corrected chi connectivity index (χ4v) is 2.81. The van der Waals surface area contributed by atoms with E-state index in [0.29, 0.717) is 0 Å². The predicted molar refractivity (Wildman–Crippen MR) is 90.5 cm³/mol. The summed E-state index contributed by atoms with van der Waals surface area (Å²) in [6, 6.07) is 6.44. The lowest BCUT2D eigenvalue weighted by atomic mass is 10.0. The lowest BCUT2D eigenvalue weighted by Gasteiger charge is -2.25. The quantitative estimate of drug-likeness (QED) is 0.905. The Morgan fingerprint density at radius 3 is 2.43 bits per heavy atom. The zero-order chi connectivity index (χ0) is 15.8. The van der Waals surface area contributed by atoms with E-state index in [-0.39, 0.29) is 5.54 Å². The lowest BCUT2D eigenvalue weighted by Crippen LogP contribution is -2.25. The molecule has 0 aliphatic rings. The van der Waals surface area contributed by atoms with Gasteiger partial charge in [0.25, 0.3) is 0 Å². The van der Waals surface area contributed by atoms with E-state index in [9.17, 15) is 0 Å². The number of nitrogens with zero attached hydrogens (tertiary/aromatic N) is 2. The van der Waals surface area contributed by atoms with Crippen LogP contribution in [0.1, 0.15) is 51.1 Å². The van der Waals surface area contributed by atoms with Crippen molar-refractivity contribution < 1.29 is 0 Å². The van der Waals surface area contributed by atoms with Crippen molar-refractivity contribution in [2.75, 3.05) is 5.73 Å². The summed E-state index contributed by atoms with van der Waals surface area (Å²) in [6.45, 7) is 12.9. The number of nitrogens with two attached hydrogens (primary N) is 1. The fourth-order valence-electron chi connectivity index (χ4n) is 2.81. The molecule has 1 aromatic heterocycles. The van der Waals surface area contributed by atoms with Crippen molar-refractivity contribution in [3.05, 3.63) is 35.2 Å². The number of imidazole rings is 1. The number of nitrogen functional groups attached to an aromatic ring is 1. The number of aromatic nitrogens is 2. The number of benzene rings is 1. The van der Waals surface area contributed by atoms with E-state index in [1.807, 2.05) is 0 Å². The molecular formula is C18H27N3. The first-order valence-corrected chi connectivity index (χ1v) is 7.71. The summed E-state index contributed by atoms with van der Waals surface area (Å²) < 4.78 is 2.19. The monoisotopic (exact) mass is 285 g/mol. The number of aryl methyl sites for hydroxylation is 3. The van der Waals surface area contributed by atoms with Crippen LogP contribution in [-0.4, -0.2) is 9.55 Å². The minimum absolute atomic E-state index is 0.0580. The van der Waals surface area contributed by atoms with Gasteiger partial charge in [-0.25, -0.2) is 4.98 Å². The van der Waals surface area contributed by atoms with Crippen molar-refractivity contribution in [2.45, 2.75) is 59.9 Å². The molecule has 114 valence electrons. The molecular weight excluding hydrogens is 258 g/mol. The highest BCUT2D eigenvalue weighted by atomic mass is 15.2. The second-order valence-corrected chi connectivity index (χ2v) is 6.84. The largest absolute Gasteiger partial charge is 0.383 e. The molecule has 0 aliphatic carbocycles. The van der Waals surface area contributed by atoms with Crippen LogP contribution in [0.5, 0.6) is 0 Å². The van der Waals surface area contributed by atoms with Crippen LogP contribution in [0.3, 0.4) is 0 Å². The van der Waals surface area contributed by atoms with Gasteiger partial charge in [0.05, 0.1) is 0 Å². The van der Waals surface area contributed by atoms with Crippen molar-refractivity contribution in [3.63, 3.8) is 0 Å². The summed E-state index contributed by atoms with van der Waals surface area (Å²) in [5.74, 6) is 1.86. The first kappa shape index (κ1) is 15.6. The minimum atomic E-state index is -0.0580. The molecule has 0 radical (unpaired) electrons. The SMILES string of the molecule is CCCc1nc(-c2cc(C)ccc2C)c(N)n1C(C)(C)C. The number of hydrogen-bond acceptors (Lipinski definition) is 2. The van der Waals surface area contributed by atoms with Crippen LogP contribution >= 0.6 is 0 Å². The number of hydrogen-bond donors (Lipinski definition) is 1. The second-order valence-electron chi connectivity index (χ2n) is 6.84. The predicted octanol–water partition coefficient (Wildman–Crippen LogP) is 4.46. The second kappa shape index (κ2) is 5.55. The molecule has 0 bridgehead atoms. The highest BCUT2D eigenvalue weighted by Gasteiger charge is 2.24. The zero-order valence-electron chi connectivity index (χ0n) is 14.1. The van der Waals surface area contributed by atoms with Gasteiger partial charge in [-0.05, 0) is 52.7 Å². The molecule has 0 saturated carbocycles. The summed E-state index contributed by atoms with van der Waals surface area (Å²) in [4.78, 5) is 4.88. The maximum absolute atomic E-state index is 6.47. The standard InChI is InChI=1S/C18H27N3/c1-7-8-15-20-16(17(19)21(15)18(4,5)6)14-11-12(2)9-10-13(14)3/h9-11H,7-8,19H2,1-6H3. The normalized spacial score (nSPS) is 11.9. The summed E-state index contributed by atoms with van der Waals surface area (Å²) >= 11 is 0. The highest BCUT2D eigenvalue weighted by Crippen LogP contribution is 2.33. The Labute approximate surface area is 128 Å². The van der Waals surface area contributed by atoms with Gasteiger partial charge in [-0.2, -0.15) is 0 Å². The third-order valence-corrected chi connectivity index (χ3v) is 3.78. The molecule has 1 heterocycles. The van der Waals surface area contributed by atoms with E-state index in [2.05, 4.69) is 64.3 Å². The fraction of sp³-hybridized carbons (Fsp3) is 0.500. The molecule has 0 amide bonds. The molecule has 2 rings (SSSR count). The van der Waals surface area contributed by atoms with Crippen molar-refractivity contribution in [3.8, 4) is 11.3 Å². The van der Waals surface area contributed by atoms with Crippen LogP contribution in [0.2, 0.25) is 0 Å². The van der Waals surface area contributed by atoms with Crippen molar-refractivity contribution in [1.82, 2.24) is 9.55 Å². The Kier molecular flexibility index (Phi) is 4.13. The molecule has 2 aromatic rings. The van der Waals surface area contributed by atoms with E-state index in [1.165, 1.54) is 11.1 Å². The van der Waals surface area contributed by atoms with Crippen LogP contribution in [0.25, 0.3) is 11.3 Å². The molecule has 0 saturated heterocycles. The Hall–Kier alpha value is -1.77. The Bertz CT molecular complexity index is 645. The van der Waals surface area contributed by atoms with Crippen LogP contribution in [0, 0.1) is 13.8 Å². The van der Waals surface area contributed by atoms with Crippen molar-refractivity contribution in [2.24, 2.45) is 0 Å². The van der Waals surface area contributed by atoms with E-state index in [0.717, 1.165) is 35.7 Å². The third kappa shape index (κ3) is 2.97. The zero-order valence-corrected chi connectivity index (χ0v) is 14.1. The van der Waals surface area contributed by atoms with Crippen LogP contribution in [-0.2, 0) is 12.0 Å². The smallest absolute Gasteiger partial charge is 0.132 e. The molecule has 3 heteroatoms. The van der Waals surface area contributed by atoms with Gasteiger partial charge in [0.2, 0.25) is 0 Å². The first-order chi connectivity index (χ1) is 9.75. The molecule has 0 fully saturated rings. The number of rotatable bonds is 3. The maximum Gasteiger partial charge on any atom is 0.132 e. The first-order valence-electron chi connectivity index (χ1n) is 7.71. The Morgan fingerprint density at radius 2 is 1.86 bits per heavy atom. The molecule has 1 aromatic carbocycles. The van der Waals surface area contributed by atoms with Gasteiger partial charge in [0.1, 0.15) is 17.3 Å². The van der Waals surface area contributed by atoms with Crippen molar-refractivity contribution >= 4 is 5.82 Å². The lowest BCUT2D eigenvalue weighted by molar-refractivity contribution is 0.387. The van der Waals surface area contributed by atoms with Crippen LogP contribution in [0.4, 0.5) is 5.82 Å². The van der Waals surface area contributed by atoms with Gasteiger partial charge < -0.3 is 10.3 Å². The van der Waals surface area contributed by atoms with Crippen molar-refractivity contribution in [1.29, 1.82) is 0 Å². The third-order valence-electron chi connectivity index (χ3n) is 3.78. The van der Waals surface area contributed by atoms with E-state index in [1.54, 1.807) is 0 Å². The Morgan fingerprint density at radius 1 is 1.19 bits per heavy atom. The summed E-state index contributed by atoms with van der Waals surface area (Å²) in [6.07, 6.45) is 2.02. The minimum Gasteiger partial charge on any atom is -0.383 e. The van der Waals surface area contributed by atoms with Crippen LogP contribution in [0.15, 0.2) is 18.2 Å². The van der Waals surface area contributed by atoms with Gasteiger partial charge in [0, 0.05) is 17.5 Å². The Balaban J connectivity index is 2.68. The molecule has 0 spiro atoms. The summed E-state index contributed by atoms with van der Waals surface area (Å²) in [5.41, 5.74) is 10.9. The van der Waals surface area contributed by atoms with Gasteiger partial charge in [-0.1, -0.05) is 24.6 Å². The van der Waals surface area contributed by atoms with E-state index < -0.39 is 0 Å². The van der Waals surface area contributed by atoms with Gasteiger partial charge >= 0.3 is 0 Å². The molecule has 0 atom stereocenters. The molecule has 21 heavy (non-hydrogen) atoms. The molecule has 0 unspecified atom stereocenters. The van der Waals surface area contributed by atoms with Crippen LogP contribution < -0.4 is 5.73 Å². The summed E-state index contributed by atoms with van der Waals surface area (Å²) in [5, 5.41) is 0. The molecule has 3 nitrogen and oxygen atoms in total. The van der Waals surface area contributed by atoms with Gasteiger partial charge in [0.15, 0.2) is 0 Å². The maximum atomic E-state index is 6.47. The van der Waals surface area contributed by atoms with Gasteiger partial charge in [-0.3, -0.25) is 0 Å². The summed E-state index contributed by atoms with van der Waals surface area (Å²) in [7, 11) is 0. The molecule has 2 N–H and O–H groups in total. The van der Waals surface area contributed by atoms with Gasteiger partial charge in [-0.15, -0.1) is 0 Å². The number of anilines is 1. The molecule has 0 aliphatic heterocycles.